The molecule has 1 aromatic heterocycles. The van der Waals surface area contributed by atoms with Crippen molar-refractivity contribution in [2.24, 2.45) is 0 Å². The Balaban J connectivity index is 1.77. The van der Waals surface area contributed by atoms with E-state index in [9.17, 15) is 9.59 Å². The normalized spacial score (nSPS) is 13.4. The molecule has 1 amide bonds. The highest BCUT2D eigenvalue weighted by Crippen LogP contribution is 2.37. The second-order valence-electron chi connectivity index (χ2n) is 7.18. The number of nitrogens with one attached hydrogen (secondary N) is 3. The summed E-state index contributed by atoms with van der Waals surface area (Å²) in [6.07, 6.45) is 6.51. The maximum absolute atomic E-state index is 12.7. The van der Waals surface area contributed by atoms with Crippen molar-refractivity contribution in [2.45, 2.75) is 52.4 Å². The summed E-state index contributed by atoms with van der Waals surface area (Å²) in [6, 6.07) is 7.26. The van der Waals surface area contributed by atoms with E-state index in [0.29, 0.717) is 17.3 Å². The second-order valence-corrected chi connectivity index (χ2v) is 8.69. The number of fused-ring (bicyclic) bond motifs is 1. The van der Waals surface area contributed by atoms with Crippen LogP contribution in [0.25, 0.3) is 0 Å². The molecule has 0 atom stereocenters. The van der Waals surface area contributed by atoms with Gasteiger partial charge >= 0.3 is 5.97 Å². The van der Waals surface area contributed by atoms with Crippen LogP contribution in [-0.4, -0.2) is 23.6 Å². The van der Waals surface area contributed by atoms with Crippen molar-refractivity contribution in [3.63, 3.8) is 0 Å². The van der Waals surface area contributed by atoms with Crippen LogP contribution in [0, 0.1) is 0 Å². The number of hydrogen-bond donors (Lipinski definition) is 3. The van der Waals surface area contributed by atoms with Crippen molar-refractivity contribution in [1.82, 2.24) is 0 Å². The summed E-state index contributed by atoms with van der Waals surface area (Å²) in [6.45, 7) is 3.63. The Hall–Kier alpha value is -2.45. The zero-order valence-corrected chi connectivity index (χ0v) is 18.9. The first-order chi connectivity index (χ1) is 14.5. The molecule has 0 bridgehead atoms. The summed E-state index contributed by atoms with van der Waals surface area (Å²) in [5, 5.41) is 10.2. The fourth-order valence-corrected chi connectivity index (χ4v) is 5.10. The minimum atomic E-state index is -0.291. The Bertz CT molecular complexity index is 922. The standard InChI is InChI=1S/C22H27N3O3S2/c1-3-28-21(27)19-17-8-6-4-5-7-9-18(17)30-20(19)25-22(29)24-16-12-10-15(11-13-16)23-14(2)26/h10-13H,3-9H2,1-2H3,(H,23,26)(H2,24,25,29). The highest BCUT2D eigenvalue weighted by molar-refractivity contribution is 7.80. The van der Waals surface area contributed by atoms with Gasteiger partial charge in [-0.3, -0.25) is 4.79 Å². The lowest BCUT2D eigenvalue weighted by atomic mass is 9.96. The fourth-order valence-electron chi connectivity index (χ4n) is 3.53. The molecule has 30 heavy (non-hydrogen) atoms. The average molecular weight is 446 g/mol. The summed E-state index contributed by atoms with van der Waals surface area (Å²) >= 11 is 7.09. The number of carbonyl (C=O) groups is 2. The smallest absolute Gasteiger partial charge is 0.341 e. The van der Waals surface area contributed by atoms with Crippen molar-refractivity contribution in [2.75, 3.05) is 22.6 Å². The lowest BCUT2D eigenvalue weighted by molar-refractivity contribution is -0.114. The Morgan fingerprint density at radius 3 is 2.27 bits per heavy atom. The minimum Gasteiger partial charge on any atom is -0.462 e. The molecule has 2 aromatic rings. The molecule has 1 aromatic carbocycles. The van der Waals surface area contributed by atoms with Gasteiger partial charge in [0.2, 0.25) is 5.91 Å². The molecule has 1 aliphatic carbocycles. The number of ether oxygens (including phenoxy) is 1. The lowest BCUT2D eigenvalue weighted by Gasteiger charge is -2.13. The zero-order valence-electron chi connectivity index (χ0n) is 17.3. The highest BCUT2D eigenvalue weighted by Gasteiger charge is 2.25. The molecule has 0 spiro atoms. The van der Waals surface area contributed by atoms with Gasteiger partial charge in [-0.25, -0.2) is 4.79 Å². The van der Waals surface area contributed by atoms with Gasteiger partial charge < -0.3 is 20.7 Å². The topological polar surface area (TPSA) is 79.5 Å². The molecule has 3 N–H and O–H groups in total. The van der Waals surface area contributed by atoms with Crippen molar-refractivity contribution in [3.05, 3.63) is 40.3 Å². The van der Waals surface area contributed by atoms with E-state index in [2.05, 4.69) is 16.0 Å². The molecule has 8 heteroatoms. The molecule has 0 unspecified atom stereocenters. The first-order valence-electron chi connectivity index (χ1n) is 10.2. The monoisotopic (exact) mass is 445 g/mol. The summed E-state index contributed by atoms with van der Waals surface area (Å²) in [5.41, 5.74) is 3.25. The van der Waals surface area contributed by atoms with Crippen molar-refractivity contribution < 1.29 is 14.3 Å². The molecule has 1 heterocycles. The third kappa shape index (κ3) is 5.79. The maximum atomic E-state index is 12.7. The van der Waals surface area contributed by atoms with E-state index in [1.54, 1.807) is 23.5 Å². The van der Waals surface area contributed by atoms with E-state index >= 15 is 0 Å². The predicted octanol–water partition coefficient (Wildman–Crippen LogP) is 5.35. The van der Waals surface area contributed by atoms with Gasteiger partial charge in [0, 0.05) is 23.2 Å². The second kappa shape index (κ2) is 10.5. The van der Waals surface area contributed by atoms with E-state index in [1.165, 1.54) is 24.6 Å². The van der Waals surface area contributed by atoms with Gasteiger partial charge in [-0.2, -0.15) is 0 Å². The number of aryl methyl sites for hydroxylation is 1. The van der Waals surface area contributed by atoms with Crippen LogP contribution < -0.4 is 16.0 Å². The van der Waals surface area contributed by atoms with Crippen LogP contribution >= 0.6 is 23.6 Å². The molecular formula is C22H27N3O3S2. The quantitative estimate of drug-likeness (QED) is 0.425. The van der Waals surface area contributed by atoms with E-state index in [-0.39, 0.29) is 11.9 Å². The van der Waals surface area contributed by atoms with Gasteiger partial charge in [-0.15, -0.1) is 11.3 Å². The van der Waals surface area contributed by atoms with E-state index in [1.807, 2.05) is 19.1 Å². The molecule has 0 aliphatic heterocycles. The van der Waals surface area contributed by atoms with Crippen molar-refractivity contribution in [1.29, 1.82) is 0 Å². The van der Waals surface area contributed by atoms with Crippen LogP contribution in [0.2, 0.25) is 0 Å². The molecule has 3 rings (SSSR count). The number of benzene rings is 1. The fraction of sp³-hybridized carbons (Fsp3) is 0.409. The molecule has 1 aliphatic rings. The first kappa shape index (κ1) is 22.2. The largest absolute Gasteiger partial charge is 0.462 e. The molecule has 6 nitrogen and oxygen atoms in total. The highest BCUT2D eigenvalue weighted by atomic mass is 32.1. The number of anilines is 3. The van der Waals surface area contributed by atoms with Crippen molar-refractivity contribution in [3.8, 4) is 0 Å². The number of rotatable bonds is 5. The predicted molar refractivity (Wildman–Crippen MR) is 127 cm³/mol. The molecule has 0 saturated carbocycles. The van der Waals surface area contributed by atoms with Crippen molar-refractivity contribution >= 4 is 56.9 Å². The number of esters is 1. The first-order valence-corrected chi connectivity index (χ1v) is 11.5. The van der Waals surface area contributed by atoms with Gasteiger partial charge in [0.15, 0.2) is 5.11 Å². The molecule has 0 radical (unpaired) electrons. The Morgan fingerprint density at radius 1 is 1.00 bits per heavy atom. The third-order valence-corrected chi connectivity index (χ3v) is 6.25. The third-order valence-electron chi connectivity index (χ3n) is 4.84. The molecule has 0 saturated heterocycles. The molecular weight excluding hydrogens is 418 g/mol. The Labute approximate surface area is 186 Å². The summed E-state index contributed by atoms with van der Waals surface area (Å²) in [7, 11) is 0. The minimum absolute atomic E-state index is 0.118. The Kier molecular flexibility index (Phi) is 7.81. The zero-order chi connectivity index (χ0) is 21.5. The van der Waals surface area contributed by atoms with E-state index in [0.717, 1.165) is 47.6 Å². The van der Waals surface area contributed by atoms with Gasteiger partial charge in [0.05, 0.1) is 12.2 Å². The number of thiocarbonyl (C=S) groups is 1. The number of amides is 1. The number of hydrogen-bond acceptors (Lipinski definition) is 5. The van der Waals surface area contributed by atoms with Crippen LogP contribution in [0.3, 0.4) is 0 Å². The van der Waals surface area contributed by atoms with E-state index < -0.39 is 0 Å². The SMILES string of the molecule is CCOC(=O)c1c(NC(=S)Nc2ccc(NC(C)=O)cc2)sc2c1CCCCCC2. The summed E-state index contributed by atoms with van der Waals surface area (Å²) in [5.74, 6) is -0.409. The van der Waals surface area contributed by atoms with Crippen LogP contribution in [0.15, 0.2) is 24.3 Å². The molecule has 160 valence electrons. The maximum Gasteiger partial charge on any atom is 0.341 e. The van der Waals surface area contributed by atoms with Crippen LogP contribution in [0.1, 0.15) is 60.3 Å². The number of carbonyl (C=O) groups excluding carboxylic acids is 2. The van der Waals surface area contributed by atoms with Crippen LogP contribution in [0.4, 0.5) is 16.4 Å². The van der Waals surface area contributed by atoms with Gasteiger partial charge in [0.1, 0.15) is 5.00 Å². The van der Waals surface area contributed by atoms with Gasteiger partial charge in [-0.05, 0) is 74.7 Å². The summed E-state index contributed by atoms with van der Waals surface area (Å²) < 4.78 is 5.34. The van der Waals surface area contributed by atoms with Crippen LogP contribution in [0.5, 0.6) is 0 Å². The Morgan fingerprint density at radius 2 is 1.63 bits per heavy atom. The van der Waals surface area contributed by atoms with Gasteiger partial charge in [-0.1, -0.05) is 12.8 Å². The molecule has 0 fully saturated rings. The van der Waals surface area contributed by atoms with E-state index in [4.69, 9.17) is 17.0 Å². The lowest BCUT2D eigenvalue weighted by Crippen LogP contribution is -2.20. The average Bonchev–Trinajstić information content (AvgIpc) is 2.99. The van der Waals surface area contributed by atoms with Gasteiger partial charge in [0.25, 0.3) is 0 Å². The van der Waals surface area contributed by atoms with Crippen LogP contribution in [-0.2, 0) is 22.4 Å². The summed E-state index contributed by atoms with van der Waals surface area (Å²) in [4.78, 5) is 25.1. The number of thiophene rings is 1.